The molecule has 0 aliphatic carbocycles. The van der Waals surface area contributed by atoms with Crippen molar-refractivity contribution in [2.75, 3.05) is 13.1 Å². The van der Waals surface area contributed by atoms with Gasteiger partial charge in [-0.25, -0.2) is 9.48 Å². The minimum absolute atomic E-state index is 0.117. The van der Waals surface area contributed by atoms with Crippen LogP contribution in [0.15, 0.2) is 53.0 Å². The van der Waals surface area contributed by atoms with Crippen LogP contribution in [0.2, 0.25) is 0 Å². The summed E-state index contributed by atoms with van der Waals surface area (Å²) in [7, 11) is 0. The second kappa shape index (κ2) is 7.12. The number of carboxylic acid groups (broad SMARTS) is 1. The van der Waals surface area contributed by atoms with Crippen molar-refractivity contribution in [1.29, 1.82) is 0 Å². The zero-order chi connectivity index (χ0) is 16.9. The Morgan fingerprint density at radius 1 is 1.17 bits per heavy atom. The quantitative estimate of drug-likeness (QED) is 0.940. The fourth-order valence-corrected chi connectivity index (χ4v) is 2.76. The summed E-state index contributed by atoms with van der Waals surface area (Å²) in [4.78, 5) is 24.0. The van der Waals surface area contributed by atoms with E-state index < -0.39 is 6.09 Å². The first-order valence-corrected chi connectivity index (χ1v) is 7.90. The van der Waals surface area contributed by atoms with E-state index in [-0.39, 0.29) is 5.56 Å². The Morgan fingerprint density at radius 2 is 1.88 bits per heavy atom. The fourth-order valence-electron chi connectivity index (χ4n) is 2.76. The minimum Gasteiger partial charge on any atom is -0.465 e. The largest absolute Gasteiger partial charge is 0.465 e. The van der Waals surface area contributed by atoms with E-state index in [2.05, 4.69) is 11.2 Å². The Balaban J connectivity index is 1.65. The van der Waals surface area contributed by atoms with Gasteiger partial charge in [0.2, 0.25) is 0 Å². The Labute approximate surface area is 139 Å². The number of piperidine rings is 1. The zero-order valence-electron chi connectivity index (χ0n) is 13.3. The first kappa shape index (κ1) is 16.0. The van der Waals surface area contributed by atoms with Crippen LogP contribution in [0.4, 0.5) is 4.79 Å². The maximum Gasteiger partial charge on any atom is 0.407 e. The molecule has 1 aromatic carbocycles. The number of benzene rings is 1. The lowest BCUT2D eigenvalue weighted by Crippen LogP contribution is -2.35. The molecule has 1 aromatic heterocycles. The number of hydrogen-bond donors (Lipinski definition) is 1. The van der Waals surface area contributed by atoms with Crippen LogP contribution in [0.25, 0.3) is 6.08 Å². The van der Waals surface area contributed by atoms with Crippen LogP contribution in [0, 0.1) is 0 Å². The number of aromatic nitrogens is 2. The normalized spacial score (nSPS) is 14.5. The third kappa shape index (κ3) is 3.90. The van der Waals surface area contributed by atoms with Crippen molar-refractivity contribution in [1.82, 2.24) is 14.7 Å². The molecule has 6 heteroatoms. The van der Waals surface area contributed by atoms with Crippen LogP contribution in [0.5, 0.6) is 0 Å². The SMILES string of the molecule is O=C(O)N1CCC(=Cc2ccc(Cn3ncccc3=O)cc2)CC1. The first-order valence-electron chi connectivity index (χ1n) is 7.90. The minimum atomic E-state index is -0.844. The van der Waals surface area contributed by atoms with E-state index >= 15 is 0 Å². The number of carbonyl (C=O) groups is 1. The second-order valence-electron chi connectivity index (χ2n) is 5.83. The van der Waals surface area contributed by atoms with Gasteiger partial charge in [-0.2, -0.15) is 5.10 Å². The summed E-state index contributed by atoms with van der Waals surface area (Å²) in [5, 5.41) is 13.0. The monoisotopic (exact) mass is 325 g/mol. The van der Waals surface area contributed by atoms with Gasteiger partial charge in [0, 0.05) is 25.4 Å². The molecule has 0 atom stereocenters. The average Bonchev–Trinajstić information content (AvgIpc) is 2.59. The zero-order valence-corrected chi connectivity index (χ0v) is 13.3. The molecule has 3 rings (SSSR count). The molecule has 0 radical (unpaired) electrons. The van der Waals surface area contributed by atoms with Gasteiger partial charge in [0.15, 0.2) is 0 Å². The number of likely N-dealkylation sites (tertiary alicyclic amines) is 1. The highest BCUT2D eigenvalue weighted by Gasteiger charge is 2.17. The van der Waals surface area contributed by atoms with Crippen LogP contribution in [-0.4, -0.2) is 39.0 Å². The maximum atomic E-state index is 11.7. The van der Waals surface area contributed by atoms with E-state index in [1.807, 2.05) is 24.3 Å². The van der Waals surface area contributed by atoms with E-state index in [9.17, 15) is 9.59 Å². The van der Waals surface area contributed by atoms with Crippen molar-refractivity contribution in [2.45, 2.75) is 19.4 Å². The molecule has 1 N–H and O–H groups in total. The van der Waals surface area contributed by atoms with Crippen molar-refractivity contribution >= 4 is 12.2 Å². The lowest BCUT2D eigenvalue weighted by Gasteiger charge is -2.25. The van der Waals surface area contributed by atoms with E-state index in [0.29, 0.717) is 19.6 Å². The van der Waals surface area contributed by atoms with Gasteiger partial charge < -0.3 is 10.0 Å². The smallest absolute Gasteiger partial charge is 0.407 e. The van der Waals surface area contributed by atoms with Crippen molar-refractivity contribution in [3.8, 4) is 0 Å². The molecule has 0 unspecified atom stereocenters. The Kier molecular flexibility index (Phi) is 4.74. The molecular weight excluding hydrogens is 306 g/mol. The van der Waals surface area contributed by atoms with Crippen molar-refractivity contribution in [3.05, 3.63) is 69.6 Å². The van der Waals surface area contributed by atoms with Crippen LogP contribution < -0.4 is 5.56 Å². The third-order valence-corrected chi connectivity index (χ3v) is 4.14. The molecule has 0 spiro atoms. The Morgan fingerprint density at radius 3 is 2.50 bits per heavy atom. The van der Waals surface area contributed by atoms with Crippen LogP contribution in [0.1, 0.15) is 24.0 Å². The average molecular weight is 325 g/mol. The molecule has 1 fully saturated rings. The van der Waals surface area contributed by atoms with E-state index in [0.717, 1.165) is 24.0 Å². The van der Waals surface area contributed by atoms with Gasteiger partial charge in [0.25, 0.3) is 5.56 Å². The first-order chi connectivity index (χ1) is 11.6. The van der Waals surface area contributed by atoms with Gasteiger partial charge in [-0.3, -0.25) is 4.79 Å². The van der Waals surface area contributed by atoms with E-state index in [1.165, 1.54) is 21.2 Å². The van der Waals surface area contributed by atoms with Gasteiger partial charge in [0.05, 0.1) is 6.54 Å². The highest BCUT2D eigenvalue weighted by Crippen LogP contribution is 2.19. The molecular formula is C18H19N3O3. The summed E-state index contributed by atoms with van der Waals surface area (Å²) < 4.78 is 1.43. The summed E-state index contributed by atoms with van der Waals surface area (Å²) in [6.45, 7) is 1.56. The molecule has 1 aliphatic heterocycles. The second-order valence-corrected chi connectivity index (χ2v) is 5.83. The molecule has 1 amide bonds. The molecule has 1 aliphatic rings. The van der Waals surface area contributed by atoms with Crippen molar-refractivity contribution in [2.24, 2.45) is 0 Å². The van der Waals surface area contributed by atoms with E-state index in [1.54, 1.807) is 12.3 Å². The van der Waals surface area contributed by atoms with Gasteiger partial charge in [0.1, 0.15) is 0 Å². The lowest BCUT2D eigenvalue weighted by molar-refractivity contribution is 0.142. The van der Waals surface area contributed by atoms with E-state index in [4.69, 9.17) is 5.11 Å². The molecule has 6 nitrogen and oxygen atoms in total. The van der Waals surface area contributed by atoms with Gasteiger partial charge in [-0.15, -0.1) is 0 Å². The summed E-state index contributed by atoms with van der Waals surface area (Å²) in [6.07, 6.45) is 4.43. The van der Waals surface area contributed by atoms with Crippen LogP contribution in [-0.2, 0) is 6.54 Å². The highest BCUT2D eigenvalue weighted by atomic mass is 16.4. The molecule has 0 bridgehead atoms. The van der Waals surface area contributed by atoms with Crippen molar-refractivity contribution < 1.29 is 9.90 Å². The summed E-state index contributed by atoms with van der Waals surface area (Å²) in [5.74, 6) is 0. The molecule has 2 aromatic rings. The van der Waals surface area contributed by atoms with Crippen molar-refractivity contribution in [3.63, 3.8) is 0 Å². The van der Waals surface area contributed by atoms with Gasteiger partial charge >= 0.3 is 6.09 Å². The Bertz CT molecular complexity index is 799. The molecule has 24 heavy (non-hydrogen) atoms. The number of amides is 1. The van der Waals surface area contributed by atoms with Gasteiger partial charge in [-0.05, 0) is 30.0 Å². The topological polar surface area (TPSA) is 75.4 Å². The Hall–Kier alpha value is -2.89. The summed E-state index contributed by atoms with van der Waals surface area (Å²) in [6, 6.07) is 11.1. The third-order valence-electron chi connectivity index (χ3n) is 4.14. The summed E-state index contributed by atoms with van der Waals surface area (Å²) in [5.41, 5.74) is 3.25. The number of hydrogen-bond acceptors (Lipinski definition) is 3. The number of nitrogens with zero attached hydrogens (tertiary/aromatic N) is 3. The fraction of sp³-hybridized carbons (Fsp3) is 0.278. The molecule has 124 valence electrons. The predicted octanol–water partition coefficient (Wildman–Crippen LogP) is 2.45. The molecule has 2 heterocycles. The maximum absolute atomic E-state index is 11.7. The number of rotatable bonds is 3. The van der Waals surface area contributed by atoms with Gasteiger partial charge in [-0.1, -0.05) is 35.9 Å². The standard InChI is InChI=1S/C18H19N3O3/c22-17-2-1-9-19-21(17)13-16-5-3-14(4-6-16)12-15-7-10-20(11-8-15)18(23)24/h1-6,9,12H,7-8,10-11,13H2,(H,23,24). The van der Waals surface area contributed by atoms with Crippen LogP contribution in [0.3, 0.4) is 0 Å². The lowest BCUT2D eigenvalue weighted by atomic mass is 10.0. The predicted molar refractivity (Wildman–Crippen MR) is 90.8 cm³/mol. The molecule has 0 saturated carbocycles. The van der Waals surface area contributed by atoms with Crippen LogP contribution >= 0.6 is 0 Å². The molecule has 1 saturated heterocycles. The summed E-state index contributed by atoms with van der Waals surface area (Å²) >= 11 is 0. The highest BCUT2D eigenvalue weighted by molar-refractivity contribution is 5.65.